The molecule has 1 atom stereocenters. The Morgan fingerprint density at radius 3 is 2.47 bits per heavy atom. The van der Waals surface area contributed by atoms with Gasteiger partial charge in [-0.05, 0) is 30.4 Å². The highest BCUT2D eigenvalue weighted by Gasteiger charge is 2.12. The van der Waals surface area contributed by atoms with E-state index in [1.807, 2.05) is 12.1 Å². The van der Waals surface area contributed by atoms with Crippen molar-refractivity contribution in [2.75, 3.05) is 0 Å². The zero-order valence-electron chi connectivity index (χ0n) is 9.87. The topological polar surface area (TPSA) is 20.2 Å². The summed E-state index contributed by atoms with van der Waals surface area (Å²) in [6.45, 7) is 4.42. The molecule has 1 heteroatoms. The third-order valence-electron chi connectivity index (χ3n) is 3.03. The minimum atomic E-state index is 0.459. The molecule has 0 amide bonds. The van der Waals surface area contributed by atoms with E-state index in [0.29, 0.717) is 11.7 Å². The molecule has 0 saturated heterocycles. The van der Waals surface area contributed by atoms with Crippen molar-refractivity contribution in [1.29, 1.82) is 0 Å². The Hall–Kier alpha value is -0.980. The van der Waals surface area contributed by atoms with Crippen LogP contribution >= 0.6 is 0 Å². The molecule has 1 rings (SSSR count). The van der Waals surface area contributed by atoms with Crippen LogP contribution in [0.15, 0.2) is 24.3 Å². The van der Waals surface area contributed by atoms with E-state index in [0.717, 1.165) is 12.0 Å². The normalized spacial score (nSPS) is 12.7. The highest BCUT2D eigenvalue weighted by Crippen LogP contribution is 2.31. The van der Waals surface area contributed by atoms with Gasteiger partial charge in [-0.1, -0.05) is 51.3 Å². The summed E-state index contributed by atoms with van der Waals surface area (Å²) in [7, 11) is 0. The Morgan fingerprint density at radius 1 is 1.13 bits per heavy atom. The molecule has 0 saturated carbocycles. The van der Waals surface area contributed by atoms with Crippen LogP contribution in [0.5, 0.6) is 5.75 Å². The average Bonchev–Trinajstić information content (AvgIpc) is 2.26. The molecule has 0 fully saturated rings. The number of aromatic hydroxyl groups is 1. The van der Waals surface area contributed by atoms with E-state index >= 15 is 0 Å². The van der Waals surface area contributed by atoms with Gasteiger partial charge < -0.3 is 5.11 Å². The third kappa shape index (κ3) is 3.58. The molecular weight excluding hydrogens is 184 g/mol. The maximum atomic E-state index is 9.77. The maximum absolute atomic E-state index is 9.77. The van der Waals surface area contributed by atoms with Crippen molar-refractivity contribution in [3.05, 3.63) is 29.8 Å². The predicted molar refractivity (Wildman–Crippen MR) is 65.3 cm³/mol. The van der Waals surface area contributed by atoms with Crippen LogP contribution in [0.3, 0.4) is 0 Å². The molecule has 0 aliphatic carbocycles. The lowest BCUT2D eigenvalue weighted by atomic mass is 9.90. The summed E-state index contributed by atoms with van der Waals surface area (Å²) in [5.74, 6) is 0.985. The van der Waals surface area contributed by atoms with Gasteiger partial charge in [-0.25, -0.2) is 0 Å². The van der Waals surface area contributed by atoms with Crippen LogP contribution in [0.25, 0.3) is 0 Å². The van der Waals surface area contributed by atoms with Gasteiger partial charge in [0.05, 0.1) is 0 Å². The van der Waals surface area contributed by atoms with Gasteiger partial charge >= 0.3 is 0 Å². The molecule has 0 aromatic heterocycles. The first kappa shape index (κ1) is 12.1. The van der Waals surface area contributed by atoms with Crippen LogP contribution in [-0.4, -0.2) is 5.11 Å². The van der Waals surface area contributed by atoms with Crippen molar-refractivity contribution in [2.45, 2.75) is 51.9 Å². The largest absolute Gasteiger partial charge is 0.508 e. The van der Waals surface area contributed by atoms with Crippen LogP contribution < -0.4 is 0 Å². The zero-order chi connectivity index (χ0) is 11.1. The molecule has 0 heterocycles. The van der Waals surface area contributed by atoms with E-state index in [9.17, 15) is 5.11 Å². The number of para-hydroxylation sites is 1. The van der Waals surface area contributed by atoms with Gasteiger partial charge in [0.15, 0.2) is 0 Å². The molecule has 15 heavy (non-hydrogen) atoms. The third-order valence-corrected chi connectivity index (χ3v) is 3.03. The Bertz CT molecular complexity index is 280. The van der Waals surface area contributed by atoms with Gasteiger partial charge in [-0.3, -0.25) is 0 Å². The smallest absolute Gasteiger partial charge is 0.119 e. The standard InChI is InChI=1S/C14H22O/c1-3-5-6-9-12(4-2)13-10-7-8-11-14(13)15/h7-8,10-12,15H,3-6,9H2,1-2H3. The molecule has 1 nitrogen and oxygen atoms in total. The lowest BCUT2D eigenvalue weighted by molar-refractivity contribution is 0.451. The number of hydrogen-bond donors (Lipinski definition) is 1. The number of phenols is 1. The number of phenolic OH excluding ortho intramolecular Hbond substituents is 1. The Kier molecular flexibility index (Phi) is 5.23. The van der Waals surface area contributed by atoms with E-state index < -0.39 is 0 Å². The minimum Gasteiger partial charge on any atom is -0.508 e. The molecule has 0 bridgehead atoms. The average molecular weight is 206 g/mol. The molecule has 84 valence electrons. The quantitative estimate of drug-likeness (QED) is 0.681. The second-order valence-corrected chi connectivity index (χ2v) is 4.16. The van der Waals surface area contributed by atoms with Crippen molar-refractivity contribution in [3.8, 4) is 5.75 Å². The summed E-state index contributed by atoms with van der Waals surface area (Å²) in [5, 5.41) is 9.77. The summed E-state index contributed by atoms with van der Waals surface area (Å²) in [6.07, 6.45) is 6.13. The van der Waals surface area contributed by atoms with Crippen LogP contribution in [-0.2, 0) is 0 Å². The maximum Gasteiger partial charge on any atom is 0.119 e. The van der Waals surface area contributed by atoms with Gasteiger partial charge in [-0.2, -0.15) is 0 Å². The summed E-state index contributed by atoms with van der Waals surface area (Å²) < 4.78 is 0. The lowest BCUT2D eigenvalue weighted by Crippen LogP contribution is -1.97. The first-order valence-electron chi connectivity index (χ1n) is 6.07. The Morgan fingerprint density at radius 2 is 1.87 bits per heavy atom. The van der Waals surface area contributed by atoms with Crippen LogP contribution in [0, 0.1) is 0 Å². The number of rotatable bonds is 6. The van der Waals surface area contributed by atoms with E-state index in [2.05, 4.69) is 19.9 Å². The van der Waals surface area contributed by atoms with Crippen molar-refractivity contribution < 1.29 is 5.11 Å². The lowest BCUT2D eigenvalue weighted by Gasteiger charge is -2.16. The van der Waals surface area contributed by atoms with E-state index in [4.69, 9.17) is 0 Å². The predicted octanol–water partition coefficient (Wildman–Crippen LogP) is 4.47. The molecule has 1 aromatic carbocycles. The molecule has 0 aliphatic rings. The summed E-state index contributed by atoms with van der Waals surface area (Å²) in [6, 6.07) is 7.74. The van der Waals surface area contributed by atoms with E-state index in [-0.39, 0.29) is 0 Å². The highest BCUT2D eigenvalue weighted by atomic mass is 16.3. The summed E-state index contributed by atoms with van der Waals surface area (Å²) in [4.78, 5) is 0. The molecule has 1 N–H and O–H groups in total. The number of hydrogen-bond acceptors (Lipinski definition) is 1. The van der Waals surface area contributed by atoms with Crippen LogP contribution in [0.4, 0.5) is 0 Å². The molecule has 1 unspecified atom stereocenters. The molecule has 1 aromatic rings. The van der Waals surface area contributed by atoms with Crippen molar-refractivity contribution in [2.24, 2.45) is 0 Å². The highest BCUT2D eigenvalue weighted by molar-refractivity contribution is 5.34. The fourth-order valence-corrected chi connectivity index (χ4v) is 2.05. The van der Waals surface area contributed by atoms with E-state index in [1.54, 1.807) is 6.07 Å². The fourth-order valence-electron chi connectivity index (χ4n) is 2.05. The van der Waals surface area contributed by atoms with Crippen molar-refractivity contribution >= 4 is 0 Å². The van der Waals surface area contributed by atoms with Crippen LogP contribution in [0.2, 0.25) is 0 Å². The second-order valence-electron chi connectivity index (χ2n) is 4.16. The summed E-state index contributed by atoms with van der Waals surface area (Å²) >= 11 is 0. The number of unbranched alkanes of at least 4 members (excludes halogenated alkanes) is 2. The van der Waals surface area contributed by atoms with Gasteiger partial charge in [0.1, 0.15) is 5.75 Å². The molecule has 0 aliphatic heterocycles. The summed E-state index contributed by atoms with van der Waals surface area (Å²) in [5.41, 5.74) is 1.12. The van der Waals surface area contributed by atoms with Gasteiger partial charge in [0.25, 0.3) is 0 Å². The minimum absolute atomic E-state index is 0.459. The van der Waals surface area contributed by atoms with Crippen molar-refractivity contribution in [1.82, 2.24) is 0 Å². The van der Waals surface area contributed by atoms with Gasteiger partial charge in [-0.15, -0.1) is 0 Å². The SMILES string of the molecule is CCCCCC(CC)c1ccccc1O. The monoisotopic (exact) mass is 206 g/mol. The fraction of sp³-hybridized carbons (Fsp3) is 0.571. The first-order chi connectivity index (χ1) is 7.29. The van der Waals surface area contributed by atoms with Crippen molar-refractivity contribution in [3.63, 3.8) is 0 Å². The van der Waals surface area contributed by atoms with Gasteiger partial charge in [0, 0.05) is 0 Å². The Labute approximate surface area is 93.1 Å². The molecule has 0 spiro atoms. The zero-order valence-corrected chi connectivity index (χ0v) is 9.87. The van der Waals surface area contributed by atoms with Crippen LogP contribution in [0.1, 0.15) is 57.4 Å². The van der Waals surface area contributed by atoms with Gasteiger partial charge in [0.2, 0.25) is 0 Å². The molecule has 0 radical (unpaired) electrons. The van der Waals surface area contributed by atoms with E-state index in [1.165, 1.54) is 25.7 Å². The molecular formula is C14H22O. The second kappa shape index (κ2) is 6.49. The first-order valence-corrected chi connectivity index (χ1v) is 6.07. The Balaban J connectivity index is 2.61. The number of benzene rings is 1.